The Morgan fingerprint density at radius 1 is 1.05 bits per heavy atom. The van der Waals surface area contributed by atoms with E-state index >= 15 is 0 Å². The van der Waals surface area contributed by atoms with Crippen LogP contribution < -0.4 is 9.64 Å². The predicted octanol–water partition coefficient (Wildman–Crippen LogP) is 8.06. The molecule has 38 heavy (non-hydrogen) atoms. The second-order valence-corrected chi connectivity index (χ2v) is 11.5. The summed E-state index contributed by atoms with van der Waals surface area (Å²) in [7, 11) is 3.97. The van der Waals surface area contributed by atoms with Gasteiger partial charge in [0, 0.05) is 54.1 Å². The number of carbonyl (C=O) groups excluding carboxylic acids is 1. The quantitative estimate of drug-likeness (QED) is 0.224. The van der Waals surface area contributed by atoms with Crippen molar-refractivity contribution in [2.75, 3.05) is 25.6 Å². The molecule has 0 unspecified atom stereocenters. The molecule has 1 aliphatic rings. The summed E-state index contributed by atoms with van der Waals surface area (Å²) in [5, 5.41) is 1.50. The van der Waals surface area contributed by atoms with Crippen molar-refractivity contribution in [3.8, 4) is 16.9 Å². The molecule has 0 bridgehead atoms. The van der Waals surface area contributed by atoms with Gasteiger partial charge in [-0.3, -0.25) is 4.79 Å². The molecule has 198 valence electrons. The van der Waals surface area contributed by atoms with Crippen LogP contribution in [0, 0.1) is 0 Å². The van der Waals surface area contributed by atoms with Gasteiger partial charge >= 0.3 is 0 Å². The number of aromatic nitrogens is 1. The first-order valence-corrected chi connectivity index (χ1v) is 14.5. The molecule has 2 aromatic carbocycles. The van der Waals surface area contributed by atoms with Crippen LogP contribution in [0.4, 0.5) is 5.82 Å². The minimum atomic E-state index is 0.00736. The standard InChI is InChI=1S/C31H34ClN3O2S/c1-4-37-26-16-14-21(22-15-17-28(33-19-22)34(2)3)18-23(26)20-35(24-10-6-5-7-11-24)31(36)30-29(32)25-12-8-9-13-27(25)38-30/h8-9,12-19,24H,4-7,10-11,20H2,1-3H3. The summed E-state index contributed by atoms with van der Waals surface area (Å²) in [5.41, 5.74) is 3.08. The smallest absolute Gasteiger partial charge is 0.266 e. The second-order valence-electron chi connectivity index (χ2n) is 10.0. The van der Waals surface area contributed by atoms with Crippen LogP contribution in [0.15, 0.2) is 60.8 Å². The highest BCUT2D eigenvalue weighted by atomic mass is 35.5. The molecule has 4 aromatic rings. The fourth-order valence-corrected chi connectivity index (χ4v) is 6.69. The van der Waals surface area contributed by atoms with Crippen LogP contribution in [0.2, 0.25) is 5.02 Å². The van der Waals surface area contributed by atoms with Crippen molar-refractivity contribution in [3.63, 3.8) is 0 Å². The summed E-state index contributed by atoms with van der Waals surface area (Å²) in [6, 6.07) is 18.5. The summed E-state index contributed by atoms with van der Waals surface area (Å²) >= 11 is 8.27. The fraction of sp³-hybridized carbons (Fsp3) is 0.355. The van der Waals surface area contributed by atoms with Crippen LogP contribution >= 0.6 is 22.9 Å². The molecule has 7 heteroatoms. The van der Waals surface area contributed by atoms with E-state index in [2.05, 4.69) is 23.2 Å². The zero-order chi connectivity index (χ0) is 26.6. The number of amides is 1. The lowest BCUT2D eigenvalue weighted by Gasteiger charge is -2.35. The molecular weight excluding hydrogens is 514 g/mol. The Morgan fingerprint density at radius 2 is 1.82 bits per heavy atom. The summed E-state index contributed by atoms with van der Waals surface area (Å²) in [5.74, 6) is 1.73. The highest BCUT2D eigenvalue weighted by molar-refractivity contribution is 7.21. The van der Waals surface area contributed by atoms with Gasteiger partial charge in [-0.15, -0.1) is 11.3 Å². The van der Waals surface area contributed by atoms with E-state index in [1.807, 2.05) is 73.4 Å². The minimum absolute atomic E-state index is 0.00736. The van der Waals surface area contributed by atoms with Gasteiger partial charge in [0.15, 0.2) is 0 Å². The average molecular weight is 548 g/mol. The number of benzene rings is 2. The van der Waals surface area contributed by atoms with Crippen molar-refractivity contribution in [2.24, 2.45) is 0 Å². The summed E-state index contributed by atoms with van der Waals surface area (Å²) < 4.78 is 7.08. The number of thiophene rings is 1. The number of carbonyl (C=O) groups is 1. The molecule has 5 rings (SSSR count). The molecule has 2 aromatic heterocycles. The van der Waals surface area contributed by atoms with Crippen molar-refractivity contribution in [2.45, 2.75) is 51.6 Å². The first kappa shape index (κ1) is 26.5. The zero-order valence-corrected chi connectivity index (χ0v) is 23.8. The van der Waals surface area contributed by atoms with Gasteiger partial charge < -0.3 is 14.5 Å². The number of pyridine rings is 1. The lowest BCUT2D eigenvalue weighted by atomic mass is 9.93. The number of hydrogen-bond acceptors (Lipinski definition) is 5. The first-order valence-electron chi connectivity index (χ1n) is 13.3. The summed E-state index contributed by atoms with van der Waals surface area (Å²) in [4.78, 5) is 23.4. The SMILES string of the molecule is CCOc1ccc(-c2ccc(N(C)C)nc2)cc1CN(C(=O)c1sc2ccccc2c1Cl)C1CCCCC1. The van der Waals surface area contributed by atoms with E-state index in [-0.39, 0.29) is 11.9 Å². The van der Waals surface area contributed by atoms with Gasteiger partial charge in [0.05, 0.1) is 11.6 Å². The van der Waals surface area contributed by atoms with E-state index in [0.717, 1.165) is 64.0 Å². The van der Waals surface area contributed by atoms with Gasteiger partial charge in [0.25, 0.3) is 5.91 Å². The molecule has 0 spiro atoms. The van der Waals surface area contributed by atoms with Gasteiger partial charge in [-0.2, -0.15) is 0 Å². The highest BCUT2D eigenvalue weighted by Crippen LogP contribution is 2.38. The molecule has 2 heterocycles. The Balaban J connectivity index is 1.52. The van der Waals surface area contributed by atoms with E-state index < -0.39 is 0 Å². The number of rotatable bonds is 8. The maximum Gasteiger partial charge on any atom is 0.266 e. The Kier molecular flexibility index (Phi) is 8.20. The van der Waals surface area contributed by atoms with Crippen molar-refractivity contribution < 1.29 is 9.53 Å². The fourth-order valence-electron chi connectivity index (χ4n) is 5.23. The van der Waals surface area contributed by atoms with E-state index in [4.69, 9.17) is 16.3 Å². The van der Waals surface area contributed by atoms with Crippen molar-refractivity contribution in [1.82, 2.24) is 9.88 Å². The number of nitrogens with zero attached hydrogens (tertiary/aromatic N) is 3. The molecule has 1 saturated carbocycles. The van der Waals surface area contributed by atoms with E-state index in [1.54, 1.807) is 0 Å². The second kappa shape index (κ2) is 11.7. The van der Waals surface area contributed by atoms with Gasteiger partial charge in [-0.25, -0.2) is 4.98 Å². The van der Waals surface area contributed by atoms with Gasteiger partial charge in [0.1, 0.15) is 16.4 Å². The largest absolute Gasteiger partial charge is 0.494 e. The maximum atomic E-state index is 14.2. The van der Waals surface area contributed by atoms with Gasteiger partial charge in [-0.05, 0) is 55.7 Å². The Bertz CT molecular complexity index is 1410. The van der Waals surface area contributed by atoms with Crippen LogP contribution in [-0.2, 0) is 6.54 Å². The zero-order valence-electron chi connectivity index (χ0n) is 22.2. The van der Waals surface area contributed by atoms with E-state index in [0.29, 0.717) is 23.1 Å². The minimum Gasteiger partial charge on any atom is -0.494 e. The molecule has 0 N–H and O–H groups in total. The number of fused-ring (bicyclic) bond motifs is 1. The number of halogens is 1. The molecule has 5 nitrogen and oxygen atoms in total. The normalized spacial score (nSPS) is 14.0. The van der Waals surface area contributed by atoms with Crippen LogP contribution in [0.3, 0.4) is 0 Å². The molecule has 0 radical (unpaired) electrons. The summed E-state index contributed by atoms with van der Waals surface area (Å²) in [6.07, 6.45) is 7.41. The van der Waals surface area contributed by atoms with E-state index in [1.165, 1.54) is 17.8 Å². The molecule has 0 atom stereocenters. The third kappa shape index (κ3) is 5.52. The third-order valence-electron chi connectivity index (χ3n) is 7.25. The highest BCUT2D eigenvalue weighted by Gasteiger charge is 2.30. The first-order chi connectivity index (χ1) is 18.5. The molecule has 0 saturated heterocycles. The molecule has 1 fully saturated rings. The Morgan fingerprint density at radius 3 is 2.50 bits per heavy atom. The lowest BCUT2D eigenvalue weighted by molar-refractivity contribution is 0.0617. The number of hydrogen-bond donors (Lipinski definition) is 0. The van der Waals surface area contributed by atoms with Gasteiger partial charge in [-0.1, -0.05) is 55.1 Å². The Hall–Kier alpha value is -3.09. The van der Waals surface area contributed by atoms with Crippen molar-refractivity contribution >= 4 is 44.7 Å². The van der Waals surface area contributed by atoms with Gasteiger partial charge in [0.2, 0.25) is 0 Å². The number of ether oxygens (including phenoxy) is 1. The maximum absolute atomic E-state index is 14.2. The van der Waals surface area contributed by atoms with Crippen LogP contribution in [0.25, 0.3) is 21.2 Å². The van der Waals surface area contributed by atoms with Crippen LogP contribution in [-0.4, -0.2) is 42.5 Å². The van der Waals surface area contributed by atoms with Crippen molar-refractivity contribution in [3.05, 3.63) is 76.3 Å². The molecule has 0 aliphatic heterocycles. The lowest BCUT2D eigenvalue weighted by Crippen LogP contribution is -2.40. The van der Waals surface area contributed by atoms with Crippen molar-refractivity contribution in [1.29, 1.82) is 0 Å². The average Bonchev–Trinajstić information content (AvgIpc) is 3.29. The molecular formula is C31H34ClN3O2S. The predicted molar refractivity (Wildman–Crippen MR) is 159 cm³/mol. The monoisotopic (exact) mass is 547 g/mol. The third-order valence-corrected chi connectivity index (χ3v) is 8.91. The molecule has 1 aliphatic carbocycles. The van der Waals surface area contributed by atoms with E-state index in [9.17, 15) is 4.79 Å². The van der Waals surface area contributed by atoms with Crippen LogP contribution in [0.1, 0.15) is 54.3 Å². The molecule has 1 amide bonds. The topological polar surface area (TPSA) is 45.7 Å². The summed E-state index contributed by atoms with van der Waals surface area (Å²) in [6.45, 7) is 3.02. The Labute approximate surface area is 234 Å². The van der Waals surface area contributed by atoms with Crippen LogP contribution in [0.5, 0.6) is 5.75 Å². The number of anilines is 1.